The first-order valence-electron chi connectivity index (χ1n) is 9.29. The second-order valence-electron chi connectivity index (χ2n) is 6.93. The third-order valence-electron chi connectivity index (χ3n) is 5.04. The minimum absolute atomic E-state index is 0.0910. The number of ether oxygens (including phenoxy) is 1. The Morgan fingerprint density at radius 1 is 1.00 bits per heavy atom. The quantitative estimate of drug-likeness (QED) is 0.491. The third-order valence-corrected chi connectivity index (χ3v) is 5.04. The fraction of sp³-hybridized carbons (Fsp3) is 0.300. The van der Waals surface area contributed by atoms with Crippen LogP contribution in [0.5, 0.6) is 0 Å². The van der Waals surface area contributed by atoms with Crippen LogP contribution >= 0.6 is 0 Å². The van der Waals surface area contributed by atoms with E-state index in [1.807, 2.05) is 18.2 Å². The highest BCUT2D eigenvalue weighted by atomic mass is 16.6. The summed E-state index contributed by atoms with van der Waals surface area (Å²) in [5.74, 6) is 0. The Hall–Kier alpha value is -3.18. The first-order valence-corrected chi connectivity index (χ1v) is 9.29. The molecule has 1 fully saturated rings. The Bertz CT molecular complexity index is 1150. The maximum absolute atomic E-state index is 12.9. The molecule has 0 radical (unpaired) electrons. The Morgan fingerprint density at radius 2 is 1.73 bits per heavy atom. The SMILES string of the molecule is O=c1ccn([C@@H]2O[C@H](CO)[C@H](O)[C@@H]2O)c(=O)n1Cc1cc(-c2ccncc2)ccn1. The van der Waals surface area contributed by atoms with Crippen molar-refractivity contribution in [3.8, 4) is 11.1 Å². The molecule has 1 saturated heterocycles. The lowest BCUT2D eigenvalue weighted by atomic mass is 10.1. The van der Waals surface area contributed by atoms with Crippen LogP contribution in [-0.2, 0) is 11.3 Å². The standard InChI is InChI=1S/C20H20N4O6/c25-11-15-17(27)18(28)19(30-15)23-8-4-16(26)24(20(23)29)10-14-9-13(3-7-22-14)12-1-5-21-6-2-12/h1-9,15,17-19,25,27-28H,10-11H2/t15-,17+,18+,19-/m1/s1. The summed E-state index contributed by atoms with van der Waals surface area (Å²) in [6.45, 7) is -0.610. The van der Waals surface area contributed by atoms with Gasteiger partial charge in [-0.2, -0.15) is 0 Å². The van der Waals surface area contributed by atoms with Crippen molar-refractivity contribution in [2.75, 3.05) is 6.61 Å². The summed E-state index contributed by atoms with van der Waals surface area (Å²) >= 11 is 0. The van der Waals surface area contributed by atoms with Crippen molar-refractivity contribution in [3.63, 3.8) is 0 Å². The number of nitrogens with zero attached hydrogens (tertiary/aromatic N) is 4. The van der Waals surface area contributed by atoms with E-state index in [2.05, 4.69) is 9.97 Å². The molecule has 1 aliphatic heterocycles. The number of aromatic nitrogens is 4. The van der Waals surface area contributed by atoms with Crippen LogP contribution in [-0.4, -0.2) is 59.3 Å². The molecular weight excluding hydrogens is 392 g/mol. The molecule has 3 N–H and O–H groups in total. The molecule has 1 aliphatic rings. The summed E-state index contributed by atoms with van der Waals surface area (Å²) in [5, 5.41) is 29.4. The summed E-state index contributed by atoms with van der Waals surface area (Å²) in [4.78, 5) is 33.5. The first kappa shape index (κ1) is 20.1. The van der Waals surface area contributed by atoms with E-state index < -0.39 is 42.4 Å². The van der Waals surface area contributed by atoms with Crippen LogP contribution in [0, 0.1) is 0 Å². The van der Waals surface area contributed by atoms with E-state index in [0.29, 0.717) is 5.69 Å². The van der Waals surface area contributed by atoms with Crippen molar-refractivity contribution < 1.29 is 20.1 Å². The summed E-state index contributed by atoms with van der Waals surface area (Å²) < 4.78 is 7.39. The fourth-order valence-corrected chi connectivity index (χ4v) is 3.43. The van der Waals surface area contributed by atoms with E-state index in [0.717, 1.165) is 20.3 Å². The van der Waals surface area contributed by atoms with Gasteiger partial charge in [0.25, 0.3) is 5.56 Å². The van der Waals surface area contributed by atoms with E-state index in [9.17, 15) is 24.9 Å². The lowest BCUT2D eigenvalue weighted by Gasteiger charge is -2.18. The third kappa shape index (κ3) is 3.68. The molecule has 0 aliphatic carbocycles. The fourth-order valence-electron chi connectivity index (χ4n) is 3.43. The monoisotopic (exact) mass is 412 g/mol. The van der Waals surface area contributed by atoms with Crippen LogP contribution in [0.2, 0.25) is 0 Å². The van der Waals surface area contributed by atoms with Crippen LogP contribution in [0.3, 0.4) is 0 Å². The first-order chi connectivity index (χ1) is 14.5. The van der Waals surface area contributed by atoms with Gasteiger partial charge < -0.3 is 20.1 Å². The topological polar surface area (TPSA) is 140 Å². The highest BCUT2D eigenvalue weighted by Gasteiger charge is 2.43. The zero-order chi connectivity index (χ0) is 21.3. The number of aliphatic hydroxyl groups is 3. The molecule has 0 bridgehead atoms. The Morgan fingerprint density at radius 3 is 2.43 bits per heavy atom. The molecule has 10 heteroatoms. The molecule has 4 atom stereocenters. The highest BCUT2D eigenvalue weighted by molar-refractivity contribution is 5.62. The van der Waals surface area contributed by atoms with Crippen LogP contribution in [0.1, 0.15) is 11.9 Å². The summed E-state index contributed by atoms with van der Waals surface area (Å²) in [7, 11) is 0. The lowest BCUT2D eigenvalue weighted by molar-refractivity contribution is -0.0555. The van der Waals surface area contributed by atoms with Crippen molar-refractivity contribution in [2.45, 2.75) is 31.1 Å². The molecular formula is C20H20N4O6. The maximum atomic E-state index is 12.9. The molecule has 3 aromatic rings. The minimum atomic E-state index is -1.43. The van der Waals surface area contributed by atoms with Gasteiger partial charge in [0.05, 0.1) is 18.8 Å². The van der Waals surface area contributed by atoms with Gasteiger partial charge >= 0.3 is 5.69 Å². The van der Waals surface area contributed by atoms with E-state index in [1.165, 1.54) is 12.3 Å². The molecule has 30 heavy (non-hydrogen) atoms. The Balaban J connectivity index is 1.67. The van der Waals surface area contributed by atoms with Gasteiger partial charge in [-0.1, -0.05) is 0 Å². The highest BCUT2D eigenvalue weighted by Crippen LogP contribution is 2.27. The molecule has 10 nitrogen and oxygen atoms in total. The number of rotatable bonds is 5. The number of hydrogen-bond donors (Lipinski definition) is 3. The minimum Gasteiger partial charge on any atom is -0.394 e. The predicted octanol–water partition coefficient (Wildman–Crippen LogP) is -0.873. The van der Waals surface area contributed by atoms with Crippen LogP contribution in [0.15, 0.2) is 64.7 Å². The van der Waals surface area contributed by atoms with E-state index in [-0.39, 0.29) is 6.54 Å². The molecule has 4 heterocycles. The van der Waals surface area contributed by atoms with Crippen molar-refractivity contribution in [2.24, 2.45) is 0 Å². The van der Waals surface area contributed by atoms with E-state index >= 15 is 0 Å². The van der Waals surface area contributed by atoms with Gasteiger partial charge in [-0.25, -0.2) is 4.79 Å². The zero-order valence-corrected chi connectivity index (χ0v) is 15.8. The number of pyridine rings is 2. The van der Waals surface area contributed by atoms with Crippen LogP contribution in [0.25, 0.3) is 11.1 Å². The largest absolute Gasteiger partial charge is 0.394 e. The number of hydrogen-bond acceptors (Lipinski definition) is 8. The summed E-state index contributed by atoms with van der Waals surface area (Å²) in [6, 6.07) is 8.42. The number of aliphatic hydroxyl groups excluding tert-OH is 3. The van der Waals surface area contributed by atoms with Crippen molar-refractivity contribution in [3.05, 3.63) is 81.7 Å². The molecule has 0 spiro atoms. The van der Waals surface area contributed by atoms with Gasteiger partial charge in [0.1, 0.15) is 18.3 Å². The van der Waals surface area contributed by atoms with Crippen LogP contribution < -0.4 is 11.2 Å². The molecule has 0 aromatic carbocycles. The summed E-state index contributed by atoms with van der Waals surface area (Å²) in [6.07, 6.45) is 1.06. The smallest absolute Gasteiger partial charge is 0.333 e. The van der Waals surface area contributed by atoms with E-state index in [4.69, 9.17) is 4.74 Å². The normalized spacial score (nSPS) is 23.6. The zero-order valence-electron chi connectivity index (χ0n) is 15.8. The van der Waals surface area contributed by atoms with Crippen LogP contribution in [0.4, 0.5) is 0 Å². The molecule has 0 unspecified atom stereocenters. The van der Waals surface area contributed by atoms with Crippen molar-refractivity contribution >= 4 is 0 Å². The Kier molecular flexibility index (Phi) is 5.55. The van der Waals surface area contributed by atoms with Gasteiger partial charge in [-0.15, -0.1) is 0 Å². The molecule has 0 amide bonds. The van der Waals surface area contributed by atoms with Gasteiger partial charge in [0, 0.05) is 30.9 Å². The average Bonchev–Trinajstić information content (AvgIpc) is 3.06. The second kappa shape index (κ2) is 8.28. The maximum Gasteiger partial charge on any atom is 0.333 e. The Labute approximate surface area is 170 Å². The lowest BCUT2D eigenvalue weighted by Crippen LogP contribution is -2.43. The summed E-state index contributed by atoms with van der Waals surface area (Å²) in [5.41, 5.74) is 0.989. The van der Waals surface area contributed by atoms with Crippen molar-refractivity contribution in [1.82, 2.24) is 19.1 Å². The van der Waals surface area contributed by atoms with Gasteiger partial charge in [-0.3, -0.25) is 23.9 Å². The van der Waals surface area contributed by atoms with Crippen molar-refractivity contribution in [1.29, 1.82) is 0 Å². The molecule has 4 rings (SSSR count). The van der Waals surface area contributed by atoms with Gasteiger partial charge in [0.2, 0.25) is 0 Å². The molecule has 3 aromatic heterocycles. The van der Waals surface area contributed by atoms with Gasteiger partial charge in [-0.05, 0) is 35.4 Å². The average molecular weight is 412 g/mol. The predicted molar refractivity (Wildman–Crippen MR) is 105 cm³/mol. The molecule has 156 valence electrons. The van der Waals surface area contributed by atoms with E-state index in [1.54, 1.807) is 24.7 Å². The second-order valence-corrected chi connectivity index (χ2v) is 6.93. The molecule has 0 saturated carbocycles. The van der Waals surface area contributed by atoms with Gasteiger partial charge in [0.15, 0.2) is 6.23 Å².